The molecule has 138 valence electrons. The highest BCUT2D eigenvalue weighted by molar-refractivity contribution is 5.81. The molecule has 0 aromatic carbocycles. The van der Waals surface area contributed by atoms with Crippen molar-refractivity contribution in [3.63, 3.8) is 0 Å². The number of allylic oxidation sites excluding steroid dienone is 1. The molecule has 0 spiro atoms. The van der Waals surface area contributed by atoms with Crippen LogP contribution in [0.5, 0.6) is 0 Å². The smallest absolute Gasteiger partial charge is 0.322 e. The molecule has 1 aliphatic rings. The molecule has 0 bridgehead atoms. The Morgan fingerprint density at radius 2 is 2.19 bits per heavy atom. The maximum atomic E-state index is 10.5. The molecule has 2 heterocycles. The molecular weight excluding hydrogens is 332 g/mol. The van der Waals surface area contributed by atoms with Crippen LogP contribution in [0.25, 0.3) is 11.0 Å². The van der Waals surface area contributed by atoms with Gasteiger partial charge in [-0.05, 0) is 24.8 Å². The second-order valence-corrected chi connectivity index (χ2v) is 6.59. The topological polar surface area (TPSA) is 116 Å². The zero-order chi connectivity index (χ0) is 18.4. The number of carbonyl (C=O) groups is 1. The third kappa shape index (κ3) is 4.59. The van der Waals surface area contributed by atoms with Crippen LogP contribution < -0.4 is 10.6 Å². The Morgan fingerprint density at radius 1 is 1.38 bits per heavy atom. The molecule has 2 aromatic rings. The number of fused-ring (bicyclic) bond motifs is 1. The van der Waals surface area contributed by atoms with Crippen LogP contribution >= 0.6 is 0 Å². The number of hydrogen-bond donors (Lipinski definition) is 4. The van der Waals surface area contributed by atoms with Crippen molar-refractivity contribution in [1.29, 1.82) is 5.41 Å². The van der Waals surface area contributed by atoms with E-state index >= 15 is 0 Å². The highest BCUT2D eigenvalue weighted by atomic mass is 16.4. The van der Waals surface area contributed by atoms with Crippen molar-refractivity contribution >= 4 is 29.2 Å². The summed E-state index contributed by atoms with van der Waals surface area (Å²) in [5.74, 6) is 0.111. The van der Waals surface area contributed by atoms with E-state index < -0.39 is 5.97 Å². The summed E-state index contributed by atoms with van der Waals surface area (Å²) in [5.41, 5.74) is 1.26. The van der Waals surface area contributed by atoms with Crippen LogP contribution in [-0.2, 0) is 11.3 Å². The van der Waals surface area contributed by atoms with Gasteiger partial charge in [-0.3, -0.25) is 4.79 Å². The number of hydrogen-bond acceptors (Lipinski definition) is 6. The van der Waals surface area contributed by atoms with E-state index in [1.807, 2.05) is 6.07 Å². The van der Waals surface area contributed by atoms with Gasteiger partial charge in [-0.25, -0.2) is 4.98 Å². The van der Waals surface area contributed by atoms with Gasteiger partial charge in [0.15, 0.2) is 0 Å². The van der Waals surface area contributed by atoms with Crippen molar-refractivity contribution in [2.24, 2.45) is 5.92 Å². The van der Waals surface area contributed by atoms with Crippen molar-refractivity contribution in [2.75, 3.05) is 11.9 Å². The number of nitrogens with one attached hydrogen (secondary N) is 3. The highest BCUT2D eigenvalue weighted by Crippen LogP contribution is 2.26. The first kappa shape index (κ1) is 17.9. The minimum atomic E-state index is -0.969. The van der Waals surface area contributed by atoms with Gasteiger partial charge in [0.2, 0.25) is 5.95 Å². The predicted molar refractivity (Wildman–Crippen MR) is 100 cm³/mol. The SMILES string of the molecule is N=C/C(=C\NCC(=O)O)Nc1ncc2ccn(CC3CCCCC3)c2n1. The van der Waals surface area contributed by atoms with Crippen LogP contribution in [0.1, 0.15) is 32.1 Å². The Labute approximate surface area is 151 Å². The van der Waals surface area contributed by atoms with E-state index in [0.717, 1.165) is 23.8 Å². The van der Waals surface area contributed by atoms with E-state index in [1.165, 1.54) is 38.3 Å². The van der Waals surface area contributed by atoms with Crippen LogP contribution in [0.15, 0.2) is 30.4 Å². The lowest BCUT2D eigenvalue weighted by molar-refractivity contribution is -0.135. The number of rotatable bonds is 8. The van der Waals surface area contributed by atoms with Gasteiger partial charge < -0.3 is 25.7 Å². The summed E-state index contributed by atoms with van der Waals surface area (Å²) in [6.07, 6.45) is 12.8. The van der Waals surface area contributed by atoms with Gasteiger partial charge in [-0.2, -0.15) is 4.98 Å². The highest BCUT2D eigenvalue weighted by Gasteiger charge is 2.15. The van der Waals surface area contributed by atoms with Crippen molar-refractivity contribution in [1.82, 2.24) is 19.9 Å². The van der Waals surface area contributed by atoms with E-state index in [1.54, 1.807) is 6.20 Å². The number of anilines is 1. The van der Waals surface area contributed by atoms with E-state index in [2.05, 4.69) is 31.4 Å². The Kier molecular flexibility index (Phi) is 5.83. The average molecular weight is 356 g/mol. The van der Waals surface area contributed by atoms with Crippen LogP contribution in [0, 0.1) is 11.3 Å². The quantitative estimate of drug-likeness (QED) is 0.540. The monoisotopic (exact) mass is 356 g/mol. The van der Waals surface area contributed by atoms with E-state index in [9.17, 15) is 4.79 Å². The molecule has 0 unspecified atom stereocenters. The predicted octanol–water partition coefficient (Wildman–Crippen LogP) is 2.59. The normalized spacial score (nSPS) is 15.8. The summed E-state index contributed by atoms with van der Waals surface area (Å²) in [6, 6.07) is 2.02. The van der Waals surface area contributed by atoms with E-state index in [4.69, 9.17) is 10.5 Å². The van der Waals surface area contributed by atoms with Crippen molar-refractivity contribution in [3.8, 4) is 0 Å². The fourth-order valence-corrected chi connectivity index (χ4v) is 3.32. The van der Waals surface area contributed by atoms with Gasteiger partial charge in [0.25, 0.3) is 0 Å². The first-order valence-corrected chi connectivity index (χ1v) is 8.90. The van der Waals surface area contributed by atoms with Crippen molar-refractivity contribution in [3.05, 3.63) is 30.4 Å². The van der Waals surface area contributed by atoms with E-state index in [0.29, 0.717) is 17.6 Å². The summed E-state index contributed by atoms with van der Waals surface area (Å²) in [7, 11) is 0. The molecule has 8 heteroatoms. The van der Waals surface area contributed by atoms with Crippen LogP contribution in [0.3, 0.4) is 0 Å². The maximum absolute atomic E-state index is 10.5. The maximum Gasteiger partial charge on any atom is 0.322 e. The molecule has 8 nitrogen and oxygen atoms in total. The zero-order valence-electron chi connectivity index (χ0n) is 14.6. The number of carboxylic acids is 1. The average Bonchev–Trinajstić information content (AvgIpc) is 3.03. The Balaban J connectivity index is 1.73. The molecule has 0 saturated heterocycles. The van der Waals surface area contributed by atoms with E-state index in [-0.39, 0.29) is 6.54 Å². The molecule has 0 aliphatic heterocycles. The molecular formula is C18H24N6O2. The van der Waals surface area contributed by atoms with Crippen LogP contribution in [-0.4, -0.2) is 38.4 Å². The zero-order valence-corrected chi connectivity index (χ0v) is 14.6. The Morgan fingerprint density at radius 3 is 2.92 bits per heavy atom. The molecule has 1 fully saturated rings. The third-order valence-electron chi connectivity index (χ3n) is 4.60. The van der Waals surface area contributed by atoms with Gasteiger partial charge in [0.05, 0.1) is 5.70 Å². The number of nitrogens with zero attached hydrogens (tertiary/aromatic N) is 3. The summed E-state index contributed by atoms with van der Waals surface area (Å²) in [4.78, 5) is 19.4. The third-order valence-corrected chi connectivity index (χ3v) is 4.60. The molecule has 1 aliphatic carbocycles. The van der Waals surface area contributed by atoms with Crippen LogP contribution in [0.2, 0.25) is 0 Å². The first-order valence-electron chi connectivity index (χ1n) is 8.90. The number of aliphatic carboxylic acids is 1. The standard InChI is InChI=1S/C18H24N6O2/c19-8-15(10-20-11-16(25)26)22-18-21-9-14-6-7-24(17(14)23-18)12-13-4-2-1-3-5-13/h6-10,13,19-20H,1-5,11-12H2,(H,25,26)(H,21,22,23)/b15-10+,19-8?. The lowest BCUT2D eigenvalue weighted by Gasteiger charge is -2.22. The minimum Gasteiger partial charge on any atom is -0.480 e. The summed E-state index contributed by atoms with van der Waals surface area (Å²) in [6.45, 7) is 0.747. The molecule has 2 aromatic heterocycles. The van der Waals surface area contributed by atoms with Gasteiger partial charge in [0, 0.05) is 36.7 Å². The lowest BCUT2D eigenvalue weighted by Crippen LogP contribution is -2.19. The fourth-order valence-electron chi connectivity index (χ4n) is 3.32. The second-order valence-electron chi connectivity index (χ2n) is 6.59. The van der Waals surface area contributed by atoms with Crippen LogP contribution in [0.4, 0.5) is 5.95 Å². The molecule has 3 rings (SSSR count). The Bertz CT molecular complexity index is 807. The second kappa shape index (κ2) is 8.46. The van der Waals surface area contributed by atoms with Gasteiger partial charge >= 0.3 is 5.97 Å². The van der Waals surface area contributed by atoms with Gasteiger partial charge in [0.1, 0.15) is 12.2 Å². The number of aromatic nitrogens is 3. The van der Waals surface area contributed by atoms with Crippen molar-refractivity contribution in [2.45, 2.75) is 38.6 Å². The largest absolute Gasteiger partial charge is 0.480 e. The van der Waals surface area contributed by atoms with Gasteiger partial charge in [-0.15, -0.1) is 0 Å². The fraction of sp³-hybridized carbons (Fsp3) is 0.444. The minimum absolute atomic E-state index is 0.219. The van der Waals surface area contributed by atoms with Gasteiger partial charge in [-0.1, -0.05) is 19.3 Å². The summed E-state index contributed by atoms with van der Waals surface area (Å²) >= 11 is 0. The first-order chi connectivity index (χ1) is 12.7. The Hall–Kier alpha value is -2.90. The molecule has 0 radical (unpaired) electrons. The molecule has 0 amide bonds. The summed E-state index contributed by atoms with van der Waals surface area (Å²) < 4.78 is 2.18. The molecule has 1 saturated carbocycles. The lowest BCUT2D eigenvalue weighted by atomic mass is 9.89. The molecule has 4 N–H and O–H groups in total. The molecule has 26 heavy (non-hydrogen) atoms. The summed E-state index contributed by atoms with van der Waals surface area (Å²) in [5, 5.41) is 22.6. The van der Waals surface area contributed by atoms with Crippen molar-refractivity contribution < 1.29 is 9.90 Å². The molecule has 0 atom stereocenters. The number of carboxylic acid groups (broad SMARTS) is 1.